The quantitative estimate of drug-likeness (QED) is 0.849. The van der Waals surface area contributed by atoms with Crippen molar-refractivity contribution in [1.29, 1.82) is 0 Å². The summed E-state index contributed by atoms with van der Waals surface area (Å²) in [4.78, 5) is 0. The maximum atomic E-state index is 13.4. The van der Waals surface area contributed by atoms with Gasteiger partial charge in [-0.3, -0.25) is 0 Å². The molecule has 2 atom stereocenters. The van der Waals surface area contributed by atoms with Gasteiger partial charge in [-0.15, -0.1) is 0 Å². The fourth-order valence-corrected chi connectivity index (χ4v) is 1.39. The van der Waals surface area contributed by atoms with Crippen LogP contribution in [0.4, 0.5) is 17.6 Å². The molecule has 6 heteroatoms. The van der Waals surface area contributed by atoms with E-state index in [1.165, 1.54) is 13.0 Å². The lowest BCUT2D eigenvalue weighted by atomic mass is 10.0. The summed E-state index contributed by atoms with van der Waals surface area (Å²) in [6.07, 6.45) is -6.45. The molecule has 0 heterocycles. The molecule has 0 fully saturated rings. The van der Waals surface area contributed by atoms with Gasteiger partial charge in [0.2, 0.25) is 0 Å². The molecule has 1 aromatic rings. The average Bonchev–Trinajstić information content (AvgIpc) is 2.21. The molecule has 0 aliphatic rings. The lowest BCUT2D eigenvalue weighted by molar-refractivity contribution is -0.189. The number of alkyl halides is 3. The first-order valence-electron chi connectivity index (χ1n) is 5.42. The number of benzene rings is 1. The first-order chi connectivity index (χ1) is 8.12. The molecule has 0 aliphatic carbocycles. The maximum Gasteiger partial charge on any atom is 0.425 e. The van der Waals surface area contributed by atoms with Gasteiger partial charge in [-0.25, -0.2) is 4.39 Å². The predicted molar refractivity (Wildman–Crippen MR) is 59.9 cm³/mol. The van der Waals surface area contributed by atoms with E-state index in [9.17, 15) is 17.6 Å². The van der Waals surface area contributed by atoms with Crippen molar-refractivity contribution in [3.05, 3.63) is 29.1 Å². The molecule has 0 bridgehead atoms. The van der Waals surface area contributed by atoms with Gasteiger partial charge >= 0.3 is 6.18 Å². The van der Waals surface area contributed by atoms with Crippen LogP contribution in [0.1, 0.15) is 31.0 Å². The van der Waals surface area contributed by atoms with Gasteiger partial charge in [0.1, 0.15) is 11.6 Å². The Labute approximate surface area is 103 Å². The summed E-state index contributed by atoms with van der Waals surface area (Å²) in [5.41, 5.74) is 6.02. The standard InChI is InChI=1S/C12H15F4NO/c1-6-4-11(18-8(3)12(14,15)16)9(7(2)17)5-10(6)13/h4-5,7-8H,17H2,1-3H3. The molecule has 1 aromatic carbocycles. The van der Waals surface area contributed by atoms with Crippen LogP contribution in [0.5, 0.6) is 5.75 Å². The maximum absolute atomic E-state index is 13.4. The van der Waals surface area contributed by atoms with E-state index in [1.807, 2.05) is 0 Å². The van der Waals surface area contributed by atoms with Crippen LogP contribution >= 0.6 is 0 Å². The third-order valence-electron chi connectivity index (χ3n) is 2.55. The molecule has 102 valence electrons. The summed E-state index contributed by atoms with van der Waals surface area (Å²) in [6, 6.07) is 1.73. The highest BCUT2D eigenvalue weighted by Crippen LogP contribution is 2.31. The third-order valence-corrected chi connectivity index (χ3v) is 2.55. The highest BCUT2D eigenvalue weighted by atomic mass is 19.4. The van der Waals surface area contributed by atoms with E-state index in [-0.39, 0.29) is 16.9 Å². The van der Waals surface area contributed by atoms with Gasteiger partial charge in [0.15, 0.2) is 6.10 Å². The monoisotopic (exact) mass is 265 g/mol. The van der Waals surface area contributed by atoms with Gasteiger partial charge in [-0.1, -0.05) is 0 Å². The van der Waals surface area contributed by atoms with Crippen molar-refractivity contribution in [1.82, 2.24) is 0 Å². The minimum atomic E-state index is -4.47. The van der Waals surface area contributed by atoms with E-state index in [1.54, 1.807) is 6.92 Å². The molecule has 2 nitrogen and oxygen atoms in total. The molecule has 0 aromatic heterocycles. The molecule has 1 rings (SSSR count). The van der Waals surface area contributed by atoms with Gasteiger partial charge < -0.3 is 10.5 Å². The molecular formula is C12H15F4NO. The van der Waals surface area contributed by atoms with E-state index in [4.69, 9.17) is 10.5 Å². The molecular weight excluding hydrogens is 250 g/mol. The van der Waals surface area contributed by atoms with Crippen molar-refractivity contribution in [2.24, 2.45) is 5.73 Å². The van der Waals surface area contributed by atoms with Crippen LogP contribution in [0.3, 0.4) is 0 Å². The minimum absolute atomic E-state index is 0.0336. The van der Waals surface area contributed by atoms with Crippen LogP contribution in [0.2, 0.25) is 0 Å². The van der Waals surface area contributed by atoms with Gasteiger partial charge in [-0.2, -0.15) is 13.2 Å². The molecule has 0 saturated heterocycles. The van der Waals surface area contributed by atoms with Crippen molar-refractivity contribution in [3.8, 4) is 5.75 Å². The number of rotatable bonds is 3. The first kappa shape index (κ1) is 14.8. The Morgan fingerprint density at radius 3 is 2.22 bits per heavy atom. The summed E-state index contributed by atoms with van der Waals surface area (Å²) in [5.74, 6) is -0.553. The van der Waals surface area contributed by atoms with Crippen LogP contribution in [0, 0.1) is 12.7 Å². The Bertz CT molecular complexity index is 429. The van der Waals surface area contributed by atoms with Crippen molar-refractivity contribution in [2.45, 2.75) is 39.1 Å². The van der Waals surface area contributed by atoms with Crippen molar-refractivity contribution < 1.29 is 22.3 Å². The number of ether oxygens (including phenoxy) is 1. The number of nitrogens with two attached hydrogens (primary N) is 1. The van der Waals surface area contributed by atoms with E-state index in [0.717, 1.165) is 13.0 Å². The van der Waals surface area contributed by atoms with Crippen LogP contribution < -0.4 is 10.5 Å². The van der Waals surface area contributed by atoms with Crippen molar-refractivity contribution in [2.75, 3.05) is 0 Å². The van der Waals surface area contributed by atoms with Gasteiger partial charge in [-0.05, 0) is 38.5 Å². The zero-order valence-electron chi connectivity index (χ0n) is 10.3. The lowest BCUT2D eigenvalue weighted by Crippen LogP contribution is -2.31. The number of aryl methyl sites for hydroxylation is 1. The van der Waals surface area contributed by atoms with E-state index in [0.29, 0.717) is 0 Å². The fourth-order valence-electron chi connectivity index (χ4n) is 1.39. The summed E-state index contributed by atoms with van der Waals surface area (Å²) >= 11 is 0. The topological polar surface area (TPSA) is 35.2 Å². The third kappa shape index (κ3) is 3.35. The Morgan fingerprint density at radius 1 is 1.22 bits per heavy atom. The van der Waals surface area contributed by atoms with Gasteiger partial charge in [0.25, 0.3) is 0 Å². The Hall–Kier alpha value is -1.30. The first-order valence-corrected chi connectivity index (χ1v) is 5.42. The minimum Gasteiger partial charge on any atom is -0.481 e. The predicted octanol–water partition coefficient (Wildman–Crippen LogP) is 3.48. The zero-order chi connectivity index (χ0) is 14.1. The molecule has 0 aliphatic heterocycles. The highest BCUT2D eigenvalue weighted by Gasteiger charge is 2.38. The average molecular weight is 265 g/mol. The van der Waals surface area contributed by atoms with Gasteiger partial charge in [0, 0.05) is 11.6 Å². The van der Waals surface area contributed by atoms with Crippen LogP contribution in [-0.4, -0.2) is 12.3 Å². The second kappa shape index (κ2) is 5.14. The van der Waals surface area contributed by atoms with Gasteiger partial charge in [0.05, 0.1) is 0 Å². The SMILES string of the molecule is Cc1cc(OC(C)C(F)(F)F)c(C(C)N)cc1F. The fraction of sp³-hybridized carbons (Fsp3) is 0.500. The van der Waals surface area contributed by atoms with E-state index >= 15 is 0 Å². The van der Waals surface area contributed by atoms with Crippen molar-refractivity contribution in [3.63, 3.8) is 0 Å². The van der Waals surface area contributed by atoms with Crippen LogP contribution in [0.15, 0.2) is 12.1 Å². The molecule has 18 heavy (non-hydrogen) atoms. The second-order valence-electron chi connectivity index (χ2n) is 4.23. The molecule has 2 unspecified atom stereocenters. The number of hydrogen-bond donors (Lipinski definition) is 1. The van der Waals surface area contributed by atoms with E-state index < -0.39 is 24.1 Å². The Balaban J connectivity index is 3.11. The highest BCUT2D eigenvalue weighted by molar-refractivity contribution is 5.40. The number of hydrogen-bond acceptors (Lipinski definition) is 2. The largest absolute Gasteiger partial charge is 0.481 e. The van der Waals surface area contributed by atoms with E-state index in [2.05, 4.69) is 0 Å². The normalized spacial score (nSPS) is 15.3. The second-order valence-corrected chi connectivity index (χ2v) is 4.23. The molecule has 2 N–H and O–H groups in total. The van der Waals surface area contributed by atoms with Crippen molar-refractivity contribution >= 4 is 0 Å². The van der Waals surface area contributed by atoms with Crippen LogP contribution in [0.25, 0.3) is 0 Å². The summed E-state index contributed by atoms with van der Waals surface area (Å²) in [6.45, 7) is 3.89. The lowest BCUT2D eigenvalue weighted by Gasteiger charge is -2.21. The number of halogens is 4. The summed E-state index contributed by atoms with van der Waals surface area (Å²) in [5, 5.41) is 0. The molecule has 0 spiro atoms. The van der Waals surface area contributed by atoms with Crippen LogP contribution in [-0.2, 0) is 0 Å². The molecule has 0 radical (unpaired) electrons. The molecule has 0 saturated carbocycles. The Kier molecular flexibility index (Phi) is 4.21. The molecule has 0 amide bonds. The zero-order valence-corrected chi connectivity index (χ0v) is 10.3. The summed E-state index contributed by atoms with van der Waals surface area (Å²) in [7, 11) is 0. The Morgan fingerprint density at radius 2 is 1.78 bits per heavy atom. The smallest absolute Gasteiger partial charge is 0.425 e. The summed E-state index contributed by atoms with van der Waals surface area (Å²) < 4.78 is 55.4.